The molecule has 4 bridgehead atoms. The number of hydrazone groups is 1. The lowest BCUT2D eigenvalue weighted by molar-refractivity contribution is -0.0128. The highest BCUT2D eigenvalue weighted by Crippen LogP contribution is 2.60. The minimum atomic E-state index is 0.308. The number of nitrogens with one attached hydrogen (secondary N) is 2. The summed E-state index contributed by atoms with van der Waals surface area (Å²) in [7, 11) is 0. The van der Waals surface area contributed by atoms with E-state index in [1.54, 1.807) is 0 Å². The van der Waals surface area contributed by atoms with E-state index in [9.17, 15) is 0 Å². The molecule has 0 aromatic rings. The van der Waals surface area contributed by atoms with Crippen molar-refractivity contribution >= 4 is 23.0 Å². The van der Waals surface area contributed by atoms with Gasteiger partial charge in [-0.2, -0.15) is 5.10 Å². The maximum absolute atomic E-state index is 5.61. The van der Waals surface area contributed by atoms with Gasteiger partial charge in [0.05, 0.1) is 6.10 Å². The lowest BCUT2D eigenvalue weighted by Gasteiger charge is -2.56. The quantitative estimate of drug-likeness (QED) is 0.470. The maximum atomic E-state index is 5.61. The fourth-order valence-electron chi connectivity index (χ4n) is 5.86. The lowest BCUT2D eigenvalue weighted by atomic mass is 9.48. The summed E-state index contributed by atoms with van der Waals surface area (Å²) in [5.41, 5.74) is 4.73. The van der Waals surface area contributed by atoms with Crippen molar-refractivity contribution in [1.29, 1.82) is 0 Å². The van der Waals surface area contributed by atoms with E-state index in [1.807, 2.05) is 0 Å². The number of rotatable bonds is 4. The molecular weight excluding hydrogens is 306 g/mol. The first-order valence-electron chi connectivity index (χ1n) is 9.33. The van der Waals surface area contributed by atoms with Crippen LogP contribution in [0.4, 0.5) is 0 Å². The van der Waals surface area contributed by atoms with Gasteiger partial charge in [0, 0.05) is 24.3 Å². The van der Waals surface area contributed by atoms with E-state index in [0.29, 0.717) is 16.6 Å². The summed E-state index contributed by atoms with van der Waals surface area (Å²) in [4.78, 5) is 0. The van der Waals surface area contributed by atoms with Crippen molar-refractivity contribution in [1.82, 2.24) is 10.7 Å². The summed E-state index contributed by atoms with van der Waals surface area (Å²) >= 11 is 5.37. The summed E-state index contributed by atoms with van der Waals surface area (Å²) < 4.78 is 5.61. The van der Waals surface area contributed by atoms with E-state index in [2.05, 4.69) is 22.8 Å². The van der Waals surface area contributed by atoms with Gasteiger partial charge in [-0.1, -0.05) is 0 Å². The molecule has 0 radical (unpaired) electrons. The minimum Gasteiger partial charge on any atom is -0.376 e. The molecule has 0 unspecified atom stereocenters. The van der Waals surface area contributed by atoms with Crippen LogP contribution in [-0.2, 0) is 4.74 Å². The average molecular weight is 336 g/mol. The Hall–Kier alpha value is -0.680. The molecule has 1 heterocycles. The molecule has 0 amide bonds. The van der Waals surface area contributed by atoms with Crippen LogP contribution < -0.4 is 10.7 Å². The SMILES string of the molecule is C/C(=N/NC(=S)NC[C@@H]1CCCO1)C12CC3CC(CC(C3)C1)C2. The number of ether oxygens (including phenoxy) is 1. The third-order valence-corrected chi connectivity index (χ3v) is 6.88. The van der Waals surface area contributed by atoms with Gasteiger partial charge in [0.25, 0.3) is 0 Å². The Morgan fingerprint density at radius 1 is 1.17 bits per heavy atom. The molecule has 4 aliphatic carbocycles. The Labute approximate surface area is 144 Å². The second-order valence-corrected chi connectivity index (χ2v) is 8.76. The van der Waals surface area contributed by atoms with Crippen molar-refractivity contribution in [2.75, 3.05) is 13.2 Å². The molecule has 5 fully saturated rings. The first-order chi connectivity index (χ1) is 11.1. The zero-order valence-electron chi connectivity index (χ0n) is 14.1. The van der Waals surface area contributed by atoms with Gasteiger partial charge in [0.15, 0.2) is 5.11 Å². The third-order valence-electron chi connectivity index (χ3n) is 6.65. The molecule has 0 aromatic carbocycles. The molecule has 2 N–H and O–H groups in total. The summed E-state index contributed by atoms with van der Waals surface area (Å²) in [6, 6.07) is 0. The minimum absolute atomic E-state index is 0.308. The Morgan fingerprint density at radius 3 is 2.39 bits per heavy atom. The van der Waals surface area contributed by atoms with Crippen LogP contribution in [0, 0.1) is 23.2 Å². The second kappa shape index (κ2) is 6.32. The van der Waals surface area contributed by atoms with Crippen molar-refractivity contribution in [3.05, 3.63) is 0 Å². The molecule has 5 heteroatoms. The smallest absolute Gasteiger partial charge is 0.187 e. The van der Waals surface area contributed by atoms with E-state index < -0.39 is 0 Å². The lowest BCUT2D eigenvalue weighted by Crippen LogP contribution is -2.50. The van der Waals surface area contributed by atoms with Gasteiger partial charge in [-0.15, -0.1) is 0 Å². The Morgan fingerprint density at radius 2 is 1.83 bits per heavy atom. The first-order valence-corrected chi connectivity index (χ1v) is 9.74. The Kier molecular flexibility index (Phi) is 4.35. The van der Waals surface area contributed by atoms with Crippen LogP contribution in [0.1, 0.15) is 58.3 Å². The van der Waals surface area contributed by atoms with Crippen LogP contribution in [0.15, 0.2) is 5.10 Å². The van der Waals surface area contributed by atoms with Crippen LogP contribution in [0.5, 0.6) is 0 Å². The highest BCUT2D eigenvalue weighted by molar-refractivity contribution is 7.80. The van der Waals surface area contributed by atoms with E-state index in [-0.39, 0.29) is 0 Å². The molecule has 128 valence electrons. The fraction of sp³-hybridized carbons (Fsp3) is 0.889. The first kappa shape index (κ1) is 15.8. The van der Waals surface area contributed by atoms with Crippen molar-refractivity contribution < 1.29 is 4.74 Å². The molecule has 4 nitrogen and oxygen atoms in total. The van der Waals surface area contributed by atoms with Gasteiger partial charge in [-0.05, 0) is 88.3 Å². The summed E-state index contributed by atoms with van der Waals surface area (Å²) in [6.07, 6.45) is 11.1. The zero-order valence-corrected chi connectivity index (χ0v) is 15.0. The fourth-order valence-corrected chi connectivity index (χ4v) is 5.99. The molecule has 1 atom stereocenters. The highest BCUT2D eigenvalue weighted by atomic mass is 32.1. The predicted molar refractivity (Wildman–Crippen MR) is 96.4 cm³/mol. The van der Waals surface area contributed by atoms with E-state index >= 15 is 0 Å². The van der Waals surface area contributed by atoms with Crippen LogP contribution in [-0.4, -0.2) is 30.1 Å². The van der Waals surface area contributed by atoms with Crippen molar-refractivity contribution in [3.63, 3.8) is 0 Å². The van der Waals surface area contributed by atoms with Gasteiger partial charge >= 0.3 is 0 Å². The normalized spacial score (nSPS) is 42.0. The van der Waals surface area contributed by atoms with Gasteiger partial charge in [-0.3, -0.25) is 5.43 Å². The number of hydrogen-bond donors (Lipinski definition) is 2. The van der Waals surface area contributed by atoms with Gasteiger partial charge < -0.3 is 10.1 Å². The highest BCUT2D eigenvalue weighted by Gasteiger charge is 2.52. The second-order valence-electron chi connectivity index (χ2n) is 8.35. The summed E-state index contributed by atoms with van der Waals surface area (Å²) in [5.74, 6) is 2.86. The molecular formula is C18H29N3OS. The number of hydrogen-bond acceptors (Lipinski definition) is 3. The van der Waals surface area contributed by atoms with Crippen LogP contribution >= 0.6 is 12.2 Å². The monoisotopic (exact) mass is 335 g/mol. The molecule has 1 aliphatic heterocycles. The summed E-state index contributed by atoms with van der Waals surface area (Å²) in [6.45, 7) is 3.89. The third kappa shape index (κ3) is 3.27. The molecule has 0 aromatic heterocycles. The topological polar surface area (TPSA) is 45.7 Å². The summed E-state index contributed by atoms with van der Waals surface area (Å²) in [5, 5.41) is 8.55. The van der Waals surface area contributed by atoms with E-state index in [4.69, 9.17) is 17.0 Å². The molecule has 1 saturated heterocycles. The molecule has 5 rings (SSSR count). The van der Waals surface area contributed by atoms with Gasteiger partial charge in [0.2, 0.25) is 0 Å². The Bertz CT molecular complexity index is 463. The zero-order chi connectivity index (χ0) is 15.9. The molecule has 0 spiro atoms. The van der Waals surface area contributed by atoms with Gasteiger partial charge in [0.1, 0.15) is 0 Å². The molecule has 4 saturated carbocycles. The van der Waals surface area contributed by atoms with Crippen LogP contribution in [0.25, 0.3) is 0 Å². The Balaban J connectivity index is 1.32. The van der Waals surface area contributed by atoms with Crippen LogP contribution in [0.3, 0.4) is 0 Å². The molecule has 23 heavy (non-hydrogen) atoms. The van der Waals surface area contributed by atoms with Crippen LogP contribution in [0.2, 0.25) is 0 Å². The van der Waals surface area contributed by atoms with Crippen molar-refractivity contribution in [2.45, 2.75) is 64.4 Å². The largest absolute Gasteiger partial charge is 0.376 e. The van der Waals surface area contributed by atoms with Crippen molar-refractivity contribution in [3.8, 4) is 0 Å². The average Bonchev–Trinajstić information content (AvgIpc) is 3.02. The number of thiocarbonyl (C=S) groups is 1. The van der Waals surface area contributed by atoms with Gasteiger partial charge in [-0.25, -0.2) is 0 Å². The van der Waals surface area contributed by atoms with Crippen molar-refractivity contribution in [2.24, 2.45) is 28.3 Å². The standard InChI is InChI=1S/C18H29N3OS/c1-12(20-21-17(23)19-11-16-3-2-4-22-16)18-8-13-5-14(9-18)7-15(6-13)10-18/h13-16H,2-11H2,1H3,(H2,19,21,23)/b20-12-/t13?,14?,15?,16-,18?/m0/s1. The maximum Gasteiger partial charge on any atom is 0.187 e. The molecule has 5 aliphatic rings. The predicted octanol–water partition coefficient (Wildman–Crippen LogP) is 3.22. The van der Waals surface area contributed by atoms with E-state index in [1.165, 1.54) is 44.2 Å². The van der Waals surface area contributed by atoms with E-state index in [0.717, 1.165) is 43.7 Å². The number of nitrogens with zero attached hydrogens (tertiary/aromatic N) is 1.